The zero-order chi connectivity index (χ0) is 29.0. The van der Waals surface area contributed by atoms with Gasteiger partial charge in [-0.25, -0.2) is 0 Å². The third-order valence-electron chi connectivity index (χ3n) is 4.88. The summed E-state index contributed by atoms with van der Waals surface area (Å²) in [5.74, 6) is 0.191. The maximum atomic E-state index is 6.41. The van der Waals surface area contributed by atoms with Gasteiger partial charge in [0.15, 0.2) is 0 Å². The van der Waals surface area contributed by atoms with Gasteiger partial charge in [0.05, 0.1) is 12.5 Å². The van der Waals surface area contributed by atoms with Gasteiger partial charge >= 0.3 is 5.97 Å². The first-order valence-electron chi connectivity index (χ1n) is 12.6. The normalized spacial score (nSPS) is 11.2. The average Bonchev–Trinajstić information content (AvgIpc) is 2.87. The molecule has 0 aromatic heterocycles. The topological polar surface area (TPSA) is 36.9 Å². The Hall–Kier alpha value is -2.38. The van der Waals surface area contributed by atoms with Crippen LogP contribution >= 0.6 is 22.4 Å². The summed E-state index contributed by atoms with van der Waals surface area (Å²) >= 11 is 1.40. The largest absolute Gasteiger partial charge is 0.429 e. The standard InChI is InChI=1S/C24H30O3.C5H12OS2.C3H6/c1-6-13-20-15-9-11-17-22(20)26-24(19(4)5,25-8-3)27-23-18-12-10-16-21(23)14-7-2;1-5-8(3,4)6-7-2;1-3-2/h6-7,9-12,15-19H,1-2,8,13-14H2,3-5H3;5H,1H2,2-4H3;3H,1H2,2H3. The van der Waals surface area contributed by atoms with Gasteiger partial charge < -0.3 is 14.2 Å². The molecule has 38 heavy (non-hydrogen) atoms. The van der Waals surface area contributed by atoms with Gasteiger partial charge in [0.2, 0.25) is 0 Å². The van der Waals surface area contributed by atoms with E-state index < -0.39 is 16.3 Å². The lowest BCUT2D eigenvalue weighted by atomic mass is 10.1. The van der Waals surface area contributed by atoms with E-state index in [1.165, 1.54) is 12.0 Å². The molecule has 4 nitrogen and oxygen atoms in total. The molecule has 0 saturated heterocycles. The number of hydrogen-bond acceptors (Lipinski definition) is 5. The van der Waals surface area contributed by atoms with Crippen LogP contribution in [0.5, 0.6) is 11.5 Å². The van der Waals surface area contributed by atoms with E-state index >= 15 is 0 Å². The third kappa shape index (κ3) is 12.9. The summed E-state index contributed by atoms with van der Waals surface area (Å²) in [7, 11) is -0.943. The summed E-state index contributed by atoms with van der Waals surface area (Å²) in [5, 5.41) is 1.86. The molecule has 2 aromatic rings. The van der Waals surface area contributed by atoms with Gasteiger partial charge in [0.1, 0.15) is 11.5 Å². The molecule has 0 aliphatic rings. The highest BCUT2D eigenvalue weighted by molar-refractivity contribution is 8.34. The van der Waals surface area contributed by atoms with E-state index in [0.29, 0.717) is 19.4 Å². The smallest absolute Gasteiger partial charge is 0.374 e. The quantitative estimate of drug-likeness (QED) is 0.131. The van der Waals surface area contributed by atoms with E-state index in [1.807, 2.05) is 100 Å². The van der Waals surface area contributed by atoms with Gasteiger partial charge in [-0.15, -0.1) is 30.0 Å². The van der Waals surface area contributed by atoms with Crippen LogP contribution in [-0.2, 0) is 21.2 Å². The molecule has 0 radical (unpaired) electrons. The summed E-state index contributed by atoms with van der Waals surface area (Å²) in [4.78, 5) is 0. The molecule has 0 saturated carbocycles. The second-order valence-corrected chi connectivity index (χ2v) is 12.5. The van der Waals surface area contributed by atoms with Crippen LogP contribution < -0.4 is 9.47 Å². The van der Waals surface area contributed by atoms with Crippen LogP contribution in [0.15, 0.2) is 98.5 Å². The minimum absolute atomic E-state index is 0.0500. The van der Waals surface area contributed by atoms with Crippen molar-refractivity contribution in [3.63, 3.8) is 0 Å². The Morgan fingerprint density at radius 1 is 0.868 bits per heavy atom. The van der Waals surface area contributed by atoms with Crippen LogP contribution in [-0.4, -0.2) is 31.3 Å². The van der Waals surface area contributed by atoms with E-state index in [9.17, 15) is 0 Å². The van der Waals surface area contributed by atoms with E-state index in [2.05, 4.69) is 38.8 Å². The van der Waals surface area contributed by atoms with Gasteiger partial charge in [-0.2, -0.15) is 0 Å². The Morgan fingerprint density at radius 2 is 1.29 bits per heavy atom. The van der Waals surface area contributed by atoms with Crippen LogP contribution in [0.3, 0.4) is 0 Å². The highest BCUT2D eigenvalue weighted by atomic mass is 32.3. The summed E-state index contributed by atoms with van der Waals surface area (Å²) in [6.45, 7) is 23.0. The zero-order valence-corrected chi connectivity index (χ0v) is 26.0. The molecule has 2 aromatic carbocycles. The Balaban J connectivity index is 0.00000105. The number of ether oxygens (including phenoxy) is 3. The molecule has 212 valence electrons. The van der Waals surface area contributed by atoms with Crippen molar-refractivity contribution in [2.45, 2.75) is 46.5 Å². The van der Waals surface area contributed by atoms with E-state index in [-0.39, 0.29) is 5.92 Å². The Labute approximate surface area is 238 Å². The van der Waals surface area contributed by atoms with Crippen molar-refractivity contribution in [3.05, 3.63) is 110 Å². The molecule has 6 heteroatoms. The zero-order valence-electron chi connectivity index (χ0n) is 24.4. The highest BCUT2D eigenvalue weighted by Gasteiger charge is 2.41. The Morgan fingerprint density at radius 3 is 1.58 bits per heavy atom. The lowest BCUT2D eigenvalue weighted by Gasteiger charge is -2.37. The molecule has 0 aliphatic carbocycles. The van der Waals surface area contributed by atoms with Crippen molar-refractivity contribution >= 4 is 22.4 Å². The van der Waals surface area contributed by atoms with Gasteiger partial charge in [-0.1, -0.05) is 75.1 Å². The lowest BCUT2D eigenvalue weighted by molar-refractivity contribution is -0.324. The van der Waals surface area contributed by atoms with Crippen LogP contribution in [0.25, 0.3) is 0 Å². The van der Waals surface area contributed by atoms with E-state index in [4.69, 9.17) is 17.8 Å². The van der Waals surface area contributed by atoms with Crippen molar-refractivity contribution < 1.29 is 17.8 Å². The van der Waals surface area contributed by atoms with E-state index in [1.54, 1.807) is 6.08 Å². The summed E-state index contributed by atoms with van der Waals surface area (Å²) < 4.78 is 24.1. The van der Waals surface area contributed by atoms with Crippen molar-refractivity contribution in [1.82, 2.24) is 0 Å². The van der Waals surface area contributed by atoms with Gasteiger partial charge in [-0.05, 0) is 67.9 Å². The molecule has 2 rings (SSSR count). The highest BCUT2D eigenvalue weighted by Crippen LogP contribution is 2.45. The molecule has 0 aliphatic heterocycles. The predicted octanol–water partition coefficient (Wildman–Crippen LogP) is 9.54. The average molecular weight is 561 g/mol. The van der Waals surface area contributed by atoms with Gasteiger partial charge in [-0.3, -0.25) is 3.63 Å². The molecule has 0 amide bonds. The second-order valence-electron chi connectivity index (χ2n) is 8.72. The van der Waals surface area contributed by atoms with Gasteiger partial charge in [0, 0.05) is 18.3 Å². The van der Waals surface area contributed by atoms with Crippen LogP contribution in [0, 0.1) is 5.92 Å². The first-order chi connectivity index (χ1) is 18.1. The van der Waals surface area contributed by atoms with Crippen molar-refractivity contribution in [2.24, 2.45) is 5.92 Å². The maximum absolute atomic E-state index is 6.41. The molecule has 0 heterocycles. The minimum atomic E-state index is -1.23. The number of hydrogen-bond donors (Lipinski definition) is 0. The third-order valence-corrected chi connectivity index (χ3v) is 7.63. The second kappa shape index (κ2) is 19.7. The van der Waals surface area contributed by atoms with Crippen molar-refractivity contribution in [3.8, 4) is 11.5 Å². The molecular formula is C32H48O4S2. The predicted molar refractivity (Wildman–Crippen MR) is 171 cm³/mol. The van der Waals surface area contributed by atoms with E-state index in [0.717, 1.165) is 22.6 Å². The number of benzene rings is 2. The first kappa shape index (κ1) is 35.6. The van der Waals surface area contributed by atoms with Crippen molar-refractivity contribution in [2.75, 3.05) is 25.4 Å². The number of rotatable bonds is 14. The molecule has 0 spiro atoms. The Bertz CT molecular complexity index is 914. The summed E-state index contributed by atoms with van der Waals surface area (Å²) in [6, 6.07) is 15.8. The summed E-state index contributed by atoms with van der Waals surface area (Å²) in [6.07, 6.45) is 12.9. The monoisotopic (exact) mass is 560 g/mol. The molecule has 0 bridgehead atoms. The fourth-order valence-corrected chi connectivity index (χ4v) is 4.67. The molecular weight excluding hydrogens is 512 g/mol. The van der Waals surface area contributed by atoms with Crippen LogP contribution in [0.2, 0.25) is 0 Å². The number of para-hydroxylation sites is 2. The molecule has 0 unspecified atom stereocenters. The van der Waals surface area contributed by atoms with Gasteiger partial charge in [0.25, 0.3) is 0 Å². The Kier molecular flexibility index (Phi) is 18.4. The minimum Gasteiger partial charge on any atom is -0.429 e. The van der Waals surface area contributed by atoms with Crippen LogP contribution in [0.1, 0.15) is 38.8 Å². The van der Waals surface area contributed by atoms with Crippen molar-refractivity contribution in [1.29, 1.82) is 0 Å². The molecule has 0 fully saturated rings. The fraction of sp³-hybridized carbons (Fsp3) is 0.375. The lowest BCUT2D eigenvalue weighted by Crippen LogP contribution is -2.50. The van der Waals surface area contributed by atoms with Crippen LogP contribution in [0.4, 0.5) is 0 Å². The SMILES string of the molecule is C=CC.C=CCc1ccccc1OC(OCC)(Oc1ccccc1CC=C)C(C)C.C=CS(C)(C)OSC. The number of allylic oxidation sites excluding steroid dienone is 3. The maximum Gasteiger partial charge on any atom is 0.374 e. The first-order valence-corrected chi connectivity index (χ1v) is 16.2. The molecule has 0 N–H and O–H groups in total. The fourth-order valence-electron chi connectivity index (χ4n) is 3.05. The summed E-state index contributed by atoms with van der Waals surface area (Å²) in [5.41, 5.74) is 2.08. The molecule has 0 atom stereocenters.